The number of nitrogens with one attached hydrogen (secondary N) is 2. The van der Waals surface area contributed by atoms with E-state index < -0.39 is 5.54 Å². The van der Waals surface area contributed by atoms with E-state index in [9.17, 15) is 14.0 Å². The number of anilines is 1. The van der Waals surface area contributed by atoms with Gasteiger partial charge in [0, 0.05) is 12.2 Å². The van der Waals surface area contributed by atoms with E-state index in [0.717, 1.165) is 12.1 Å². The zero-order valence-electron chi connectivity index (χ0n) is 12.5. The maximum Gasteiger partial charge on any atom is 0.251 e. The quantitative estimate of drug-likeness (QED) is 0.818. The van der Waals surface area contributed by atoms with Crippen LogP contribution < -0.4 is 15.5 Å². The molecule has 0 aromatic heterocycles. The molecule has 21 heavy (non-hydrogen) atoms. The second-order valence-electron chi connectivity index (χ2n) is 5.58. The summed E-state index contributed by atoms with van der Waals surface area (Å²) in [6.45, 7) is 6.75. The zero-order valence-corrected chi connectivity index (χ0v) is 12.5. The molecule has 2 amide bonds. The number of imide groups is 1. The second kappa shape index (κ2) is 5.81. The number of rotatable bonds is 4. The second-order valence-corrected chi connectivity index (χ2v) is 5.58. The molecule has 0 atom stereocenters. The molecule has 1 aromatic carbocycles. The lowest BCUT2D eigenvalue weighted by atomic mass is 9.96. The molecule has 114 valence electrons. The van der Waals surface area contributed by atoms with Gasteiger partial charge in [-0.15, -0.1) is 0 Å². The third-order valence-electron chi connectivity index (χ3n) is 3.68. The van der Waals surface area contributed by atoms with Crippen molar-refractivity contribution in [3.8, 4) is 0 Å². The first kappa shape index (κ1) is 15.4. The third kappa shape index (κ3) is 3.05. The summed E-state index contributed by atoms with van der Waals surface area (Å²) in [5, 5.41) is 5.48. The number of carbonyl (C=O) groups excluding carboxylic acids is 2. The van der Waals surface area contributed by atoms with Gasteiger partial charge in [-0.3, -0.25) is 14.9 Å². The van der Waals surface area contributed by atoms with Gasteiger partial charge in [0.2, 0.25) is 5.91 Å². The molecule has 2 N–H and O–H groups in total. The van der Waals surface area contributed by atoms with E-state index in [4.69, 9.17) is 0 Å². The highest BCUT2D eigenvalue weighted by molar-refractivity contribution is 6.06. The van der Waals surface area contributed by atoms with Crippen LogP contribution in [0.25, 0.3) is 0 Å². The van der Waals surface area contributed by atoms with E-state index in [2.05, 4.69) is 10.6 Å². The van der Waals surface area contributed by atoms with Crippen LogP contribution in [0.4, 0.5) is 10.1 Å². The fourth-order valence-corrected chi connectivity index (χ4v) is 2.39. The lowest BCUT2D eigenvalue weighted by Gasteiger charge is -2.42. The third-order valence-corrected chi connectivity index (χ3v) is 3.68. The number of carbonyl (C=O) groups is 2. The molecule has 1 aliphatic heterocycles. The van der Waals surface area contributed by atoms with Crippen LogP contribution in [0.15, 0.2) is 18.2 Å². The Bertz CT molecular complexity index is 572. The molecular weight excluding hydrogens is 273 g/mol. The minimum Gasteiger partial charge on any atom is -0.348 e. The van der Waals surface area contributed by atoms with Crippen LogP contribution in [-0.4, -0.2) is 30.4 Å². The van der Waals surface area contributed by atoms with Gasteiger partial charge in [0.05, 0.1) is 6.54 Å². The van der Waals surface area contributed by atoms with Crippen LogP contribution in [0.3, 0.4) is 0 Å². The number of nitrogens with zero attached hydrogens (tertiary/aromatic N) is 1. The van der Waals surface area contributed by atoms with Gasteiger partial charge in [0.15, 0.2) is 0 Å². The highest BCUT2D eigenvalue weighted by atomic mass is 19.1. The first-order valence-electron chi connectivity index (χ1n) is 6.97. The number of halogens is 1. The largest absolute Gasteiger partial charge is 0.348 e. The summed E-state index contributed by atoms with van der Waals surface area (Å²) in [5.41, 5.74) is 0.560. The number of piperazine rings is 1. The lowest BCUT2D eigenvalue weighted by Crippen LogP contribution is -2.64. The molecule has 2 rings (SSSR count). The van der Waals surface area contributed by atoms with Gasteiger partial charge < -0.3 is 10.2 Å². The van der Waals surface area contributed by atoms with E-state index in [1.165, 1.54) is 12.1 Å². The highest BCUT2D eigenvalue weighted by Gasteiger charge is 2.41. The van der Waals surface area contributed by atoms with E-state index in [0.29, 0.717) is 12.2 Å². The fraction of sp³-hybridized carbons (Fsp3) is 0.467. The van der Waals surface area contributed by atoms with Gasteiger partial charge in [0.25, 0.3) is 5.91 Å². The number of hydrogen-bond acceptors (Lipinski definition) is 4. The normalized spacial score (nSPS) is 17.8. The molecule has 0 aliphatic carbocycles. The Balaban J connectivity index is 2.43. The van der Waals surface area contributed by atoms with E-state index in [-0.39, 0.29) is 24.2 Å². The molecule has 0 unspecified atom stereocenters. The molecule has 6 heteroatoms. The molecule has 0 bridgehead atoms. The van der Waals surface area contributed by atoms with Crippen LogP contribution >= 0.6 is 0 Å². The Hall–Kier alpha value is -1.95. The van der Waals surface area contributed by atoms with Crippen molar-refractivity contribution in [3.05, 3.63) is 29.6 Å². The predicted octanol–water partition coefficient (Wildman–Crippen LogP) is 1.18. The highest BCUT2D eigenvalue weighted by Crippen LogP contribution is 2.30. The molecule has 1 aliphatic rings. The molecule has 0 radical (unpaired) electrons. The van der Waals surface area contributed by atoms with Crippen molar-refractivity contribution in [2.24, 2.45) is 0 Å². The summed E-state index contributed by atoms with van der Waals surface area (Å²) >= 11 is 0. The lowest BCUT2D eigenvalue weighted by molar-refractivity contribution is -0.135. The fourth-order valence-electron chi connectivity index (χ4n) is 2.39. The summed E-state index contributed by atoms with van der Waals surface area (Å²) in [7, 11) is 0. The summed E-state index contributed by atoms with van der Waals surface area (Å²) in [6, 6.07) is 4.40. The average molecular weight is 293 g/mol. The van der Waals surface area contributed by atoms with Crippen molar-refractivity contribution in [3.63, 3.8) is 0 Å². The molecule has 0 spiro atoms. The van der Waals surface area contributed by atoms with Gasteiger partial charge in [-0.1, -0.05) is 6.92 Å². The van der Waals surface area contributed by atoms with Crippen molar-refractivity contribution < 1.29 is 14.0 Å². The average Bonchev–Trinajstić information content (AvgIpc) is 2.41. The Morgan fingerprint density at radius 1 is 1.38 bits per heavy atom. The van der Waals surface area contributed by atoms with Crippen LogP contribution in [0, 0.1) is 5.82 Å². The SMILES string of the molecule is CCNCc1cc(F)ccc1N1CC(=O)NC(=O)C1(C)C. The molecule has 1 aromatic rings. The summed E-state index contributed by atoms with van der Waals surface area (Å²) < 4.78 is 13.5. The van der Waals surface area contributed by atoms with Crippen molar-refractivity contribution >= 4 is 17.5 Å². The summed E-state index contributed by atoms with van der Waals surface area (Å²) in [4.78, 5) is 25.4. The van der Waals surface area contributed by atoms with Crippen molar-refractivity contribution in [1.29, 1.82) is 0 Å². The van der Waals surface area contributed by atoms with Gasteiger partial charge in [-0.05, 0) is 44.2 Å². The standard InChI is InChI=1S/C15H20FN3O2/c1-4-17-8-10-7-11(16)5-6-12(10)19-9-13(20)18-14(21)15(19,2)3/h5-7,17H,4,8-9H2,1-3H3,(H,18,20,21). The van der Waals surface area contributed by atoms with Crippen LogP contribution in [-0.2, 0) is 16.1 Å². The minimum absolute atomic E-state index is 0.0729. The van der Waals surface area contributed by atoms with Gasteiger partial charge in [0.1, 0.15) is 11.4 Å². The van der Waals surface area contributed by atoms with Crippen molar-refractivity contribution in [1.82, 2.24) is 10.6 Å². The maximum atomic E-state index is 13.5. The molecule has 5 nitrogen and oxygen atoms in total. The summed E-state index contributed by atoms with van der Waals surface area (Å²) in [5.74, 6) is -1.03. The van der Waals surface area contributed by atoms with Crippen LogP contribution in [0.2, 0.25) is 0 Å². The minimum atomic E-state index is -0.868. The van der Waals surface area contributed by atoms with E-state index in [1.54, 1.807) is 24.8 Å². The molecule has 1 heterocycles. The number of benzene rings is 1. The van der Waals surface area contributed by atoms with E-state index in [1.807, 2.05) is 6.92 Å². The molecule has 1 saturated heterocycles. The van der Waals surface area contributed by atoms with Crippen molar-refractivity contribution in [2.75, 3.05) is 18.0 Å². The number of hydrogen-bond donors (Lipinski definition) is 2. The Morgan fingerprint density at radius 3 is 2.76 bits per heavy atom. The van der Waals surface area contributed by atoms with E-state index >= 15 is 0 Å². The topological polar surface area (TPSA) is 61.4 Å². The first-order chi connectivity index (χ1) is 9.86. The molecular formula is C15H20FN3O2. The molecule has 0 saturated carbocycles. The number of amides is 2. The maximum absolute atomic E-state index is 13.5. The van der Waals surface area contributed by atoms with Crippen LogP contribution in [0.1, 0.15) is 26.3 Å². The summed E-state index contributed by atoms with van der Waals surface area (Å²) in [6.07, 6.45) is 0. The van der Waals surface area contributed by atoms with Gasteiger partial charge >= 0.3 is 0 Å². The molecule has 1 fully saturated rings. The van der Waals surface area contributed by atoms with Crippen molar-refractivity contribution in [2.45, 2.75) is 32.9 Å². The Labute approximate surface area is 123 Å². The van der Waals surface area contributed by atoms with Gasteiger partial charge in [-0.2, -0.15) is 0 Å². The van der Waals surface area contributed by atoms with Crippen LogP contribution in [0.5, 0.6) is 0 Å². The predicted molar refractivity (Wildman–Crippen MR) is 78.4 cm³/mol. The monoisotopic (exact) mass is 293 g/mol. The first-order valence-corrected chi connectivity index (χ1v) is 6.97. The van der Waals surface area contributed by atoms with Gasteiger partial charge in [-0.25, -0.2) is 4.39 Å². The Morgan fingerprint density at radius 2 is 2.10 bits per heavy atom. The Kier molecular flexibility index (Phi) is 4.27. The zero-order chi connectivity index (χ0) is 15.6. The smallest absolute Gasteiger partial charge is 0.251 e.